The van der Waals surface area contributed by atoms with E-state index in [1.54, 1.807) is 18.0 Å². The topological polar surface area (TPSA) is 12.4 Å². The molecular weight excluding hydrogens is 130 g/mol. The van der Waals surface area contributed by atoms with Gasteiger partial charge in [0.05, 0.1) is 4.91 Å². The smallest absolute Gasteiger partial charge is 0.0526 e. The summed E-state index contributed by atoms with van der Waals surface area (Å²) in [5.74, 6) is 3.45. The van der Waals surface area contributed by atoms with Crippen LogP contribution in [0.15, 0.2) is 22.2 Å². The first-order chi connectivity index (χ1) is 4.34. The molecule has 1 atom stereocenters. The maximum atomic E-state index is 3.89. The molecule has 0 amide bonds. The zero-order valence-electron chi connectivity index (χ0n) is 5.59. The van der Waals surface area contributed by atoms with Crippen LogP contribution in [0, 0.1) is 5.92 Å². The van der Waals surface area contributed by atoms with Crippen molar-refractivity contribution in [2.75, 3.05) is 6.26 Å². The van der Waals surface area contributed by atoms with Crippen LogP contribution in [0.5, 0.6) is 0 Å². The average molecular weight is 139 g/mol. The number of allylic oxidation sites excluding steroid dienone is 2. The predicted molar refractivity (Wildman–Crippen MR) is 42.8 cm³/mol. The van der Waals surface area contributed by atoms with Gasteiger partial charge < -0.3 is 0 Å². The molecule has 0 bridgehead atoms. The minimum atomic E-state index is 0.512. The lowest BCUT2D eigenvalue weighted by Crippen LogP contribution is -1.94. The molecule has 0 aromatic carbocycles. The van der Waals surface area contributed by atoms with E-state index in [0.717, 1.165) is 0 Å². The third-order valence-electron chi connectivity index (χ3n) is 1.26. The van der Waals surface area contributed by atoms with Crippen LogP contribution in [0.1, 0.15) is 6.92 Å². The zero-order valence-corrected chi connectivity index (χ0v) is 6.40. The van der Waals surface area contributed by atoms with Crippen LogP contribution in [-0.4, -0.2) is 12.1 Å². The largest absolute Gasteiger partial charge is 0.214 e. The SMILES string of the molecule is CSC1=C=NC=CC1C. The summed E-state index contributed by atoms with van der Waals surface area (Å²) in [5, 5.41) is 0. The van der Waals surface area contributed by atoms with Crippen LogP contribution in [0.4, 0.5) is 0 Å². The highest BCUT2D eigenvalue weighted by atomic mass is 32.2. The minimum Gasteiger partial charge on any atom is -0.214 e. The van der Waals surface area contributed by atoms with E-state index in [4.69, 9.17) is 0 Å². The third-order valence-corrected chi connectivity index (χ3v) is 2.16. The van der Waals surface area contributed by atoms with E-state index in [0.29, 0.717) is 5.92 Å². The van der Waals surface area contributed by atoms with Gasteiger partial charge in [0.25, 0.3) is 0 Å². The molecule has 1 unspecified atom stereocenters. The van der Waals surface area contributed by atoms with Crippen LogP contribution in [0.3, 0.4) is 0 Å². The molecule has 1 heterocycles. The Morgan fingerprint density at radius 1 is 1.78 bits per heavy atom. The molecule has 1 aliphatic heterocycles. The van der Waals surface area contributed by atoms with Crippen molar-refractivity contribution < 1.29 is 0 Å². The predicted octanol–water partition coefficient (Wildman–Crippen LogP) is 2.07. The Morgan fingerprint density at radius 2 is 2.56 bits per heavy atom. The average Bonchev–Trinajstić information content (AvgIpc) is 1.89. The fraction of sp³-hybridized carbons (Fsp3) is 0.429. The summed E-state index contributed by atoms with van der Waals surface area (Å²) in [4.78, 5) is 5.11. The third kappa shape index (κ3) is 1.47. The lowest BCUT2D eigenvalue weighted by molar-refractivity contribution is 0.922. The van der Waals surface area contributed by atoms with Crippen LogP contribution in [0.25, 0.3) is 0 Å². The number of hydrogen-bond acceptors (Lipinski definition) is 2. The Bertz CT molecular complexity index is 187. The van der Waals surface area contributed by atoms with Gasteiger partial charge in [-0.25, -0.2) is 4.99 Å². The van der Waals surface area contributed by atoms with Gasteiger partial charge in [-0.1, -0.05) is 13.0 Å². The van der Waals surface area contributed by atoms with Crippen LogP contribution >= 0.6 is 11.8 Å². The van der Waals surface area contributed by atoms with E-state index in [-0.39, 0.29) is 0 Å². The van der Waals surface area contributed by atoms with Crippen molar-refractivity contribution in [1.82, 2.24) is 0 Å². The van der Waals surface area contributed by atoms with Gasteiger partial charge in [0.2, 0.25) is 0 Å². The molecule has 9 heavy (non-hydrogen) atoms. The number of aliphatic imine (C=N–C) groups is 1. The second kappa shape index (κ2) is 2.90. The summed E-state index contributed by atoms with van der Waals surface area (Å²) >= 11 is 1.71. The van der Waals surface area contributed by atoms with Gasteiger partial charge in [0.15, 0.2) is 0 Å². The number of nitrogens with zero attached hydrogens (tertiary/aromatic N) is 1. The lowest BCUT2D eigenvalue weighted by Gasteiger charge is -2.06. The summed E-state index contributed by atoms with van der Waals surface area (Å²) in [7, 11) is 0. The number of hydrogen-bond donors (Lipinski definition) is 0. The Labute approximate surface area is 59.6 Å². The highest BCUT2D eigenvalue weighted by Gasteiger charge is 2.04. The van der Waals surface area contributed by atoms with E-state index < -0.39 is 0 Å². The summed E-state index contributed by atoms with van der Waals surface area (Å²) in [6, 6.07) is 0. The highest BCUT2D eigenvalue weighted by Crippen LogP contribution is 2.21. The van der Waals surface area contributed by atoms with Crippen LogP contribution < -0.4 is 0 Å². The van der Waals surface area contributed by atoms with E-state index >= 15 is 0 Å². The normalized spacial score (nSPS) is 24.2. The fourth-order valence-corrected chi connectivity index (χ4v) is 1.29. The van der Waals surface area contributed by atoms with Crippen molar-refractivity contribution in [3.05, 3.63) is 17.2 Å². The van der Waals surface area contributed by atoms with Crippen molar-refractivity contribution in [3.8, 4) is 0 Å². The molecule has 1 rings (SSSR count). The van der Waals surface area contributed by atoms with Gasteiger partial charge in [-0.2, -0.15) is 0 Å². The van der Waals surface area contributed by atoms with Crippen LogP contribution in [-0.2, 0) is 0 Å². The molecule has 0 radical (unpaired) electrons. The lowest BCUT2D eigenvalue weighted by atomic mass is 10.1. The van der Waals surface area contributed by atoms with Gasteiger partial charge in [-0.15, -0.1) is 11.8 Å². The van der Waals surface area contributed by atoms with Crippen molar-refractivity contribution >= 4 is 17.6 Å². The second-order valence-electron chi connectivity index (χ2n) is 1.94. The quantitative estimate of drug-likeness (QED) is 0.541. The number of rotatable bonds is 1. The molecule has 2 heteroatoms. The molecule has 0 spiro atoms. The van der Waals surface area contributed by atoms with Gasteiger partial charge in [-0.05, 0) is 12.1 Å². The fourth-order valence-electron chi connectivity index (χ4n) is 0.694. The second-order valence-corrected chi connectivity index (χ2v) is 2.79. The molecule has 0 aliphatic carbocycles. The molecule has 0 fully saturated rings. The monoisotopic (exact) mass is 139 g/mol. The summed E-state index contributed by atoms with van der Waals surface area (Å²) in [5.41, 5.74) is 0. The Morgan fingerprint density at radius 3 is 3.00 bits per heavy atom. The molecule has 0 aromatic rings. The van der Waals surface area contributed by atoms with E-state index in [2.05, 4.69) is 23.9 Å². The van der Waals surface area contributed by atoms with Crippen molar-refractivity contribution in [3.63, 3.8) is 0 Å². The molecule has 0 aromatic heterocycles. The van der Waals surface area contributed by atoms with Gasteiger partial charge >= 0.3 is 0 Å². The first-order valence-electron chi connectivity index (χ1n) is 2.88. The molecule has 48 valence electrons. The van der Waals surface area contributed by atoms with E-state index in [1.807, 2.05) is 6.26 Å². The standard InChI is InChI=1S/C7H9NS/c1-6-3-4-8-5-7(6)9-2/h3-4,6H,1-2H3. The molecule has 1 aliphatic rings. The summed E-state index contributed by atoms with van der Waals surface area (Å²) < 4.78 is 0. The van der Waals surface area contributed by atoms with Gasteiger partial charge in [-0.3, -0.25) is 0 Å². The van der Waals surface area contributed by atoms with E-state index in [1.165, 1.54) is 4.91 Å². The summed E-state index contributed by atoms with van der Waals surface area (Å²) in [6.07, 6.45) is 5.92. The number of thioether (sulfide) groups is 1. The maximum Gasteiger partial charge on any atom is 0.0526 e. The van der Waals surface area contributed by atoms with Crippen molar-refractivity contribution in [2.24, 2.45) is 10.9 Å². The van der Waals surface area contributed by atoms with Crippen molar-refractivity contribution in [2.45, 2.75) is 6.92 Å². The van der Waals surface area contributed by atoms with Gasteiger partial charge in [0.1, 0.15) is 0 Å². The molecule has 1 nitrogen and oxygen atoms in total. The Balaban J connectivity index is 2.81. The highest BCUT2D eigenvalue weighted by molar-refractivity contribution is 8.02. The minimum absolute atomic E-state index is 0.512. The molecule has 0 N–H and O–H groups in total. The van der Waals surface area contributed by atoms with Gasteiger partial charge in [0, 0.05) is 12.1 Å². The van der Waals surface area contributed by atoms with Crippen molar-refractivity contribution in [1.29, 1.82) is 0 Å². The Kier molecular flexibility index (Phi) is 2.15. The maximum absolute atomic E-state index is 3.89. The Hall–Kier alpha value is -0.460. The molecular formula is C7H9NS. The first-order valence-corrected chi connectivity index (χ1v) is 4.10. The molecule has 0 saturated carbocycles. The zero-order chi connectivity index (χ0) is 6.69. The molecule has 0 saturated heterocycles. The first kappa shape index (κ1) is 6.66. The summed E-state index contributed by atoms with van der Waals surface area (Å²) in [6.45, 7) is 2.14. The van der Waals surface area contributed by atoms with Crippen LogP contribution in [0.2, 0.25) is 0 Å². The van der Waals surface area contributed by atoms with E-state index in [9.17, 15) is 0 Å².